The number of aryl methyl sites for hydroxylation is 1. The van der Waals surface area contributed by atoms with Gasteiger partial charge in [0.1, 0.15) is 0 Å². The molecule has 0 saturated carbocycles. The van der Waals surface area contributed by atoms with E-state index in [4.69, 9.17) is 5.11 Å². The van der Waals surface area contributed by atoms with Gasteiger partial charge in [0.25, 0.3) is 0 Å². The molecule has 1 heterocycles. The number of rotatable bonds is 2. The molecule has 1 aromatic rings. The minimum Gasteiger partial charge on any atom is -0.396 e. The van der Waals surface area contributed by atoms with E-state index >= 15 is 0 Å². The highest BCUT2D eigenvalue weighted by Gasteiger charge is 1.92. The summed E-state index contributed by atoms with van der Waals surface area (Å²) in [5.74, 6) is 0. The van der Waals surface area contributed by atoms with Gasteiger partial charge in [-0.1, -0.05) is 0 Å². The molecule has 0 aromatic carbocycles. The molecule has 3 heteroatoms. The lowest BCUT2D eigenvalue weighted by Gasteiger charge is -1.87. The Hall–Kier alpha value is -0.830. The molecule has 0 atom stereocenters. The summed E-state index contributed by atoms with van der Waals surface area (Å²) < 4.78 is 1.73. The highest BCUT2D eigenvalue weighted by atomic mass is 16.3. The van der Waals surface area contributed by atoms with E-state index in [1.54, 1.807) is 4.68 Å². The summed E-state index contributed by atoms with van der Waals surface area (Å²) in [7, 11) is 1.86. The van der Waals surface area contributed by atoms with Crippen LogP contribution in [0.25, 0.3) is 0 Å². The van der Waals surface area contributed by atoms with Crippen LogP contribution in [0.2, 0.25) is 0 Å². The topological polar surface area (TPSA) is 38.0 Å². The fourth-order valence-electron chi connectivity index (χ4n) is 0.711. The average molecular weight is 126 g/mol. The second kappa shape index (κ2) is 2.64. The van der Waals surface area contributed by atoms with Gasteiger partial charge in [-0.05, 0) is 6.07 Å². The van der Waals surface area contributed by atoms with Crippen molar-refractivity contribution < 1.29 is 5.11 Å². The summed E-state index contributed by atoms with van der Waals surface area (Å²) in [5.41, 5.74) is 0.944. The first kappa shape index (κ1) is 6.29. The first-order valence-electron chi connectivity index (χ1n) is 2.92. The smallest absolute Gasteiger partial charge is 0.0647 e. The molecule has 0 aliphatic heterocycles. The van der Waals surface area contributed by atoms with Crippen LogP contribution in [0.3, 0.4) is 0 Å². The Balaban J connectivity index is 2.61. The molecule has 3 nitrogen and oxygen atoms in total. The normalized spacial score (nSPS) is 10.0. The van der Waals surface area contributed by atoms with Crippen LogP contribution in [0.1, 0.15) is 5.69 Å². The highest BCUT2D eigenvalue weighted by molar-refractivity contribution is 4.98. The molecule has 1 N–H and O–H groups in total. The van der Waals surface area contributed by atoms with Crippen molar-refractivity contribution in [1.82, 2.24) is 9.78 Å². The van der Waals surface area contributed by atoms with Crippen LogP contribution in [0.4, 0.5) is 0 Å². The van der Waals surface area contributed by atoms with E-state index in [1.807, 2.05) is 19.3 Å². The maximum absolute atomic E-state index is 8.48. The van der Waals surface area contributed by atoms with E-state index in [2.05, 4.69) is 5.10 Å². The Labute approximate surface area is 53.9 Å². The lowest BCUT2D eigenvalue weighted by atomic mass is 10.3. The average Bonchev–Trinajstić information content (AvgIpc) is 2.17. The number of hydrogen-bond donors (Lipinski definition) is 1. The zero-order valence-corrected chi connectivity index (χ0v) is 5.41. The van der Waals surface area contributed by atoms with Gasteiger partial charge >= 0.3 is 0 Å². The zero-order chi connectivity index (χ0) is 6.69. The molecule has 0 spiro atoms. The predicted octanol–water partition coefficient (Wildman–Crippen LogP) is -0.0451. The Morgan fingerprint density at radius 2 is 2.56 bits per heavy atom. The number of nitrogens with zero attached hydrogens (tertiary/aromatic N) is 2. The molecule has 0 fully saturated rings. The molecule has 1 rings (SSSR count). The lowest BCUT2D eigenvalue weighted by Crippen LogP contribution is -1.93. The third-order valence-electron chi connectivity index (χ3n) is 1.14. The molecule has 0 saturated heterocycles. The maximum atomic E-state index is 8.48. The molecule has 0 bridgehead atoms. The van der Waals surface area contributed by atoms with Gasteiger partial charge < -0.3 is 5.11 Å². The predicted molar refractivity (Wildman–Crippen MR) is 34.0 cm³/mol. The van der Waals surface area contributed by atoms with E-state index in [0.717, 1.165) is 5.69 Å². The van der Waals surface area contributed by atoms with E-state index < -0.39 is 0 Å². The lowest BCUT2D eigenvalue weighted by molar-refractivity contribution is 0.298. The van der Waals surface area contributed by atoms with Crippen molar-refractivity contribution in [3.63, 3.8) is 0 Å². The number of aliphatic hydroxyl groups is 1. The second-order valence-electron chi connectivity index (χ2n) is 1.95. The number of aliphatic hydroxyl groups excluding tert-OH is 1. The monoisotopic (exact) mass is 126 g/mol. The first-order chi connectivity index (χ1) is 4.33. The maximum Gasteiger partial charge on any atom is 0.0647 e. The third-order valence-corrected chi connectivity index (χ3v) is 1.14. The van der Waals surface area contributed by atoms with Gasteiger partial charge in [-0.15, -0.1) is 0 Å². The van der Waals surface area contributed by atoms with Crippen molar-refractivity contribution >= 4 is 0 Å². The minimum atomic E-state index is 0.178. The summed E-state index contributed by atoms with van der Waals surface area (Å²) in [6.45, 7) is 0.178. The summed E-state index contributed by atoms with van der Waals surface area (Å²) in [5, 5.41) is 12.5. The van der Waals surface area contributed by atoms with Crippen LogP contribution < -0.4 is 0 Å². The zero-order valence-electron chi connectivity index (χ0n) is 5.41. The van der Waals surface area contributed by atoms with Crippen LogP contribution in [-0.4, -0.2) is 21.5 Å². The van der Waals surface area contributed by atoms with Gasteiger partial charge in [0, 0.05) is 26.3 Å². The van der Waals surface area contributed by atoms with E-state index in [0.29, 0.717) is 6.42 Å². The van der Waals surface area contributed by atoms with Crippen molar-refractivity contribution in [3.8, 4) is 0 Å². The van der Waals surface area contributed by atoms with Gasteiger partial charge in [0.05, 0.1) is 5.69 Å². The van der Waals surface area contributed by atoms with Crippen LogP contribution in [0.5, 0.6) is 0 Å². The van der Waals surface area contributed by atoms with E-state index in [9.17, 15) is 0 Å². The largest absolute Gasteiger partial charge is 0.396 e. The van der Waals surface area contributed by atoms with E-state index in [-0.39, 0.29) is 6.61 Å². The molecular formula is C6H10N2O. The first-order valence-corrected chi connectivity index (χ1v) is 2.92. The van der Waals surface area contributed by atoms with Crippen molar-refractivity contribution in [2.24, 2.45) is 7.05 Å². The summed E-state index contributed by atoms with van der Waals surface area (Å²) in [4.78, 5) is 0. The fraction of sp³-hybridized carbons (Fsp3) is 0.500. The van der Waals surface area contributed by atoms with Crippen LogP contribution in [0.15, 0.2) is 12.3 Å². The number of aromatic nitrogens is 2. The van der Waals surface area contributed by atoms with Crippen LogP contribution in [-0.2, 0) is 13.5 Å². The quantitative estimate of drug-likeness (QED) is 0.603. The molecule has 0 unspecified atom stereocenters. The molecule has 0 amide bonds. The Morgan fingerprint density at radius 1 is 1.78 bits per heavy atom. The molecule has 1 aromatic heterocycles. The van der Waals surface area contributed by atoms with Crippen molar-refractivity contribution in [2.75, 3.05) is 6.61 Å². The van der Waals surface area contributed by atoms with Gasteiger partial charge in [0.2, 0.25) is 0 Å². The van der Waals surface area contributed by atoms with Gasteiger partial charge in [-0.2, -0.15) is 5.10 Å². The van der Waals surface area contributed by atoms with Crippen molar-refractivity contribution in [3.05, 3.63) is 18.0 Å². The Kier molecular flexibility index (Phi) is 1.85. The number of hydrogen-bond acceptors (Lipinski definition) is 2. The molecular weight excluding hydrogens is 116 g/mol. The molecule has 9 heavy (non-hydrogen) atoms. The van der Waals surface area contributed by atoms with Crippen molar-refractivity contribution in [1.29, 1.82) is 0 Å². The third kappa shape index (κ3) is 1.54. The SMILES string of the molecule is Cn1ccc(CCO)n1. The summed E-state index contributed by atoms with van der Waals surface area (Å²) in [6.07, 6.45) is 2.52. The molecule has 50 valence electrons. The second-order valence-corrected chi connectivity index (χ2v) is 1.95. The Bertz CT molecular complexity index is 183. The minimum absolute atomic E-state index is 0.178. The molecule has 0 radical (unpaired) electrons. The van der Waals surface area contributed by atoms with E-state index in [1.165, 1.54) is 0 Å². The van der Waals surface area contributed by atoms with Gasteiger partial charge in [-0.25, -0.2) is 0 Å². The van der Waals surface area contributed by atoms with Gasteiger partial charge in [-0.3, -0.25) is 4.68 Å². The molecule has 0 aliphatic rings. The van der Waals surface area contributed by atoms with Crippen LogP contribution in [0, 0.1) is 0 Å². The highest BCUT2D eigenvalue weighted by Crippen LogP contribution is 1.92. The Morgan fingerprint density at radius 3 is 3.00 bits per heavy atom. The molecule has 0 aliphatic carbocycles. The van der Waals surface area contributed by atoms with Crippen LogP contribution >= 0.6 is 0 Å². The summed E-state index contributed by atoms with van der Waals surface area (Å²) >= 11 is 0. The fourth-order valence-corrected chi connectivity index (χ4v) is 0.711. The standard InChI is InChI=1S/C6H10N2O/c1-8-4-2-6(7-8)3-5-9/h2,4,9H,3,5H2,1H3. The van der Waals surface area contributed by atoms with Gasteiger partial charge in [0.15, 0.2) is 0 Å². The summed E-state index contributed by atoms with van der Waals surface area (Å²) in [6, 6.07) is 1.90. The van der Waals surface area contributed by atoms with Crippen molar-refractivity contribution in [2.45, 2.75) is 6.42 Å².